The lowest BCUT2D eigenvalue weighted by Gasteiger charge is -2.10. The maximum absolute atomic E-state index is 12.6. The Hall–Kier alpha value is -1.86. The number of aryl methyl sites for hydroxylation is 1. The van der Waals surface area contributed by atoms with Crippen molar-refractivity contribution in [1.82, 2.24) is 14.8 Å². The predicted octanol–water partition coefficient (Wildman–Crippen LogP) is 4.51. The van der Waals surface area contributed by atoms with Crippen LogP contribution in [0, 0.1) is 6.92 Å². The number of aromatic nitrogens is 3. The van der Waals surface area contributed by atoms with Gasteiger partial charge in [0.15, 0.2) is 16.8 Å². The second kappa shape index (κ2) is 6.94. The molecule has 3 rings (SSSR count). The average Bonchev–Trinajstić information content (AvgIpc) is 3.14. The molecule has 0 radical (unpaired) electrons. The van der Waals surface area contributed by atoms with Crippen LogP contribution in [0.5, 0.6) is 0 Å². The predicted molar refractivity (Wildman–Crippen MR) is 97.2 cm³/mol. The van der Waals surface area contributed by atoms with E-state index in [0.29, 0.717) is 10.7 Å². The third kappa shape index (κ3) is 3.32. The molecule has 0 aliphatic heterocycles. The first-order valence-electron chi connectivity index (χ1n) is 7.37. The van der Waals surface area contributed by atoms with Crippen molar-refractivity contribution in [3.63, 3.8) is 0 Å². The summed E-state index contributed by atoms with van der Waals surface area (Å²) >= 11 is 4.78. The summed E-state index contributed by atoms with van der Waals surface area (Å²) in [7, 11) is 1.89. The Morgan fingerprint density at radius 3 is 2.58 bits per heavy atom. The zero-order chi connectivity index (χ0) is 17.3. The van der Waals surface area contributed by atoms with Gasteiger partial charge in [0.25, 0.3) is 0 Å². The van der Waals surface area contributed by atoms with Crippen molar-refractivity contribution >= 4 is 33.5 Å². The number of carbonyl (C=O) groups excluding carboxylic acids is 1. The number of halogens is 1. The molecule has 0 aliphatic rings. The highest BCUT2D eigenvalue weighted by atomic mass is 79.9. The van der Waals surface area contributed by atoms with E-state index in [2.05, 4.69) is 26.1 Å². The van der Waals surface area contributed by atoms with Gasteiger partial charge in [0, 0.05) is 17.1 Å². The first-order valence-corrected chi connectivity index (χ1v) is 9.05. The number of nitrogens with zero attached hydrogens (tertiary/aromatic N) is 3. The maximum atomic E-state index is 12.6. The molecule has 124 valence electrons. The van der Waals surface area contributed by atoms with E-state index < -0.39 is 0 Å². The third-order valence-electron chi connectivity index (χ3n) is 3.71. The Kier molecular flexibility index (Phi) is 4.91. The zero-order valence-electron chi connectivity index (χ0n) is 13.5. The molecule has 0 spiro atoms. The van der Waals surface area contributed by atoms with Crippen molar-refractivity contribution in [3.8, 4) is 11.4 Å². The van der Waals surface area contributed by atoms with Crippen LogP contribution in [0.1, 0.15) is 23.0 Å². The Labute approximate surface area is 152 Å². The van der Waals surface area contributed by atoms with Crippen LogP contribution in [0.3, 0.4) is 0 Å². The van der Waals surface area contributed by atoms with Crippen molar-refractivity contribution in [2.75, 3.05) is 0 Å². The molecular formula is C17H16BrN3O2S. The molecule has 2 aromatic heterocycles. The number of benzene rings is 1. The van der Waals surface area contributed by atoms with Crippen LogP contribution in [-0.4, -0.2) is 25.8 Å². The lowest BCUT2D eigenvalue weighted by Crippen LogP contribution is -2.14. The van der Waals surface area contributed by atoms with Gasteiger partial charge in [-0.3, -0.25) is 4.79 Å². The van der Waals surface area contributed by atoms with Gasteiger partial charge in [-0.1, -0.05) is 39.8 Å². The monoisotopic (exact) mass is 405 g/mol. The lowest BCUT2D eigenvalue weighted by molar-refractivity contribution is 0.0994. The fourth-order valence-electron chi connectivity index (χ4n) is 2.33. The summed E-state index contributed by atoms with van der Waals surface area (Å²) in [5.41, 5.74) is 1.59. The molecular weight excluding hydrogens is 390 g/mol. The van der Waals surface area contributed by atoms with Gasteiger partial charge in [0.05, 0.1) is 17.1 Å². The highest BCUT2D eigenvalue weighted by Crippen LogP contribution is 2.29. The topological polar surface area (TPSA) is 60.9 Å². The lowest BCUT2D eigenvalue weighted by atomic mass is 10.1. The first-order chi connectivity index (χ1) is 11.5. The van der Waals surface area contributed by atoms with Crippen molar-refractivity contribution in [3.05, 3.63) is 52.4 Å². The van der Waals surface area contributed by atoms with Gasteiger partial charge in [-0.15, -0.1) is 10.2 Å². The average molecular weight is 406 g/mol. The van der Waals surface area contributed by atoms with Crippen LogP contribution in [0.2, 0.25) is 0 Å². The molecule has 0 bridgehead atoms. The highest BCUT2D eigenvalue weighted by Gasteiger charge is 2.21. The van der Waals surface area contributed by atoms with Crippen LogP contribution in [0.4, 0.5) is 0 Å². The first kappa shape index (κ1) is 17.0. The van der Waals surface area contributed by atoms with E-state index in [9.17, 15) is 4.79 Å². The molecule has 0 saturated carbocycles. The SMILES string of the molecule is Cc1occc1-c1nnc(S[C@H](C)C(=O)c2ccc(Br)cc2)n1C. The minimum atomic E-state index is -0.257. The number of Topliss-reactive ketones (excluding diaryl/α,β-unsaturated/α-hetero) is 1. The number of rotatable bonds is 5. The summed E-state index contributed by atoms with van der Waals surface area (Å²) in [6.07, 6.45) is 1.63. The van der Waals surface area contributed by atoms with Crippen LogP contribution in [-0.2, 0) is 7.05 Å². The smallest absolute Gasteiger partial charge is 0.191 e. The largest absolute Gasteiger partial charge is 0.469 e. The van der Waals surface area contributed by atoms with Gasteiger partial charge in [-0.05, 0) is 32.0 Å². The van der Waals surface area contributed by atoms with Gasteiger partial charge < -0.3 is 8.98 Å². The number of thioether (sulfide) groups is 1. The standard InChI is InChI=1S/C17H16BrN3O2S/c1-10-14(8-9-23-10)16-19-20-17(21(16)3)24-11(2)15(22)12-4-6-13(18)7-5-12/h4-9,11H,1-3H3/t11-/m1/s1. The molecule has 0 fully saturated rings. The van der Waals surface area contributed by atoms with E-state index in [0.717, 1.165) is 21.6 Å². The molecule has 0 saturated heterocycles. The maximum Gasteiger partial charge on any atom is 0.191 e. The summed E-state index contributed by atoms with van der Waals surface area (Å²) in [6, 6.07) is 9.24. The summed E-state index contributed by atoms with van der Waals surface area (Å²) < 4.78 is 8.16. The second-order valence-corrected chi connectivity index (χ2v) is 7.61. The molecule has 1 atom stereocenters. The van der Waals surface area contributed by atoms with Gasteiger partial charge in [-0.25, -0.2) is 0 Å². The molecule has 24 heavy (non-hydrogen) atoms. The summed E-state index contributed by atoms with van der Waals surface area (Å²) in [5, 5.41) is 8.89. The molecule has 0 N–H and O–H groups in total. The molecule has 3 aromatic rings. The molecule has 5 nitrogen and oxygen atoms in total. The number of carbonyl (C=O) groups is 1. The van der Waals surface area contributed by atoms with Gasteiger partial charge in [0.2, 0.25) is 0 Å². The van der Waals surface area contributed by atoms with E-state index >= 15 is 0 Å². The molecule has 2 heterocycles. The van der Waals surface area contributed by atoms with Crippen molar-refractivity contribution < 1.29 is 9.21 Å². The fourth-order valence-corrected chi connectivity index (χ4v) is 3.49. The summed E-state index contributed by atoms with van der Waals surface area (Å²) in [5.74, 6) is 1.59. The van der Waals surface area contributed by atoms with Gasteiger partial charge in [0.1, 0.15) is 5.76 Å². The molecule has 0 unspecified atom stereocenters. The van der Waals surface area contributed by atoms with E-state index in [1.165, 1.54) is 11.8 Å². The number of ketones is 1. The normalized spacial score (nSPS) is 12.3. The number of hydrogen-bond acceptors (Lipinski definition) is 5. The van der Waals surface area contributed by atoms with Crippen molar-refractivity contribution in [2.24, 2.45) is 7.05 Å². The van der Waals surface area contributed by atoms with E-state index in [-0.39, 0.29) is 11.0 Å². The number of furan rings is 1. The Morgan fingerprint density at radius 1 is 1.25 bits per heavy atom. The Bertz CT molecular complexity index is 870. The molecule has 7 heteroatoms. The highest BCUT2D eigenvalue weighted by molar-refractivity contribution is 9.10. The van der Waals surface area contributed by atoms with Gasteiger partial charge >= 0.3 is 0 Å². The molecule has 1 aromatic carbocycles. The minimum absolute atomic E-state index is 0.0662. The van der Waals surface area contributed by atoms with Crippen molar-refractivity contribution in [2.45, 2.75) is 24.3 Å². The van der Waals surface area contributed by atoms with Crippen LogP contribution in [0.25, 0.3) is 11.4 Å². The minimum Gasteiger partial charge on any atom is -0.469 e. The fraction of sp³-hybridized carbons (Fsp3) is 0.235. The Balaban J connectivity index is 1.79. The van der Waals surface area contributed by atoms with Crippen LogP contribution >= 0.6 is 27.7 Å². The summed E-state index contributed by atoms with van der Waals surface area (Å²) in [6.45, 7) is 3.77. The van der Waals surface area contributed by atoms with Crippen LogP contribution in [0.15, 0.2) is 50.6 Å². The zero-order valence-corrected chi connectivity index (χ0v) is 15.9. The van der Waals surface area contributed by atoms with E-state index in [1.54, 1.807) is 6.26 Å². The van der Waals surface area contributed by atoms with E-state index in [4.69, 9.17) is 4.42 Å². The third-order valence-corrected chi connectivity index (χ3v) is 5.38. The van der Waals surface area contributed by atoms with Crippen LogP contribution < -0.4 is 0 Å². The molecule has 0 amide bonds. The summed E-state index contributed by atoms with van der Waals surface area (Å²) in [4.78, 5) is 12.6. The van der Waals surface area contributed by atoms with Gasteiger partial charge in [-0.2, -0.15) is 0 Å². The Morgan fingerprint density at radius 2 is 1.96 bits per heavy atom. The quantitative estimate of drug-likeness (QED) is 0.461. The number of hydrogen-bond donors (Lipinski definition) is 0. The second-order valence-electron chi connectivity index (χ2n) is 5.39. The van der Waals surface area contributed by atoms with E-state index in [1.807, 2.05) is 55.8 Å². The van der Waals surface area contributed by atoms with Crippen molar-refractivity contribution in [1.29, 1.82) is 0 Å². The molecule has 0 aliphatic carbocycles.